The van der Waals surface area contributed by atoms with E-state index in [0.29, 0.717) is 23.7 Å². The summed E-state index contributed by atoms with van der Waals surface area (Å²) in [7, 11) is 0. The molecule has 6 aliphatic carbocycles. The zero-order valence-corrected chi connectivity index (χ0v) is 19.3. The van der Waals surface area contributed by atoms with E-state index in [2.05, 4.69) is 74.6 Å². The molecule has 0 heterocycles. The second-order valence-electron chi connectivity index (χ2n) is 11.0. The zero-order valence-electron chi connectivity index (χ0n) is 19.3. The standard InChI is InChI=1S/C32H32/c1-19-7-9-23-15-29-30-16-24-10-8-20(2)12-26(24)18-32(30)28-14-22-6-4-3-5-21(22)13-27(28)31(29)17-25(23)11-19/h5-10,13-16,25-26,31-32H,3-4,11-12,17-18H2,1-2H3. The lowest BCUT2D eigenvalue weighted by Crippen LogP contribution is -2.35. The molecule has 0 saturated heterocycles. The van der Waals surface area contributed by atoms with Crippen LogP contribution in [0.2, 0.25) is 0 Å². The molecule has 0 fully saturated rings. The Balaban J connectivity index is 1.47. The van der Waals surface area contributed by atoms with Crippen LogP contribution in [0.3, 0.4) is 0 Å². The number of benzene rings is 1. The maximum absolute atomic E-state index is 2.60. The number of allylic oxidation sites excluding steroid dienone is 12. The van der Waals surface area contributed by atoms with Gasteiger partial charge in [0.15, 0.2) is 0 Å². The molecule has 0 saturated carbocycles. The van der Waals surface area contributed by atoms with E-state index in [1.165, 1.54) is 60.1 Å². The molecule has 0 spiro atoms. The van der Waals surface area contributed by atoms with Crippen LogP contribution in [0.4, 0.5) is 0 Å². The molecule has 4 unspecified atom stereocenters. The predicted molar refractivity (Wildman–Crippen MR) is 135 cm³/mol. The van der Waals surface area contributed by atoms with Crippen LogP contribution < -0.4 is 10.4 Å². The maximum atomic E-state index is 2.60. The van der Waals surface area contributed by atoms with E-state index < -0.39 is 0 Å². The van der Waals surface area contributed by atoms with Gasteiger partial charge in [-0.15, -0.1) is 0 Å². The van der Waals surface area contributed by atoms with Crippen LogP contribution in [0.15, 0.2) is 82.0 Å². The number of hydrogen-bond donors (Lipinski definition) is 0. The topological polar surface area (TPSA) is 0 Å². The van der Waals surface area contributed by atoms with Gasteiger partial charge in [-0.05, 0) is 108 Å². The van der Waals surface area contributed by atoms with Gasteiger partial charge in [0.2, 0.25) is 0 Å². The van der Waals surface area contributed by atoms with Crippen molar-refractivity contribution < 1.29 is 0 Å². The molecule has 1 aromatic rings. The van der Waals surface area contributed by atoms with Crippen molar-refractivity contribution in [3.8, 4) is 0 Å². The summed E-state index contributed by atoms with van der Waals surface area (Å²) >= 11 is 0. The van der Waals surface area contributed by atoms with Crippen LogP contribution in [-0.2, 0) is 0 Å². The molecule has 0 amide bonds. The highest BCUT2D eigenvalue weighted by Gasteiger charge is 2.42. The summed E-state index contributed by atoms with van der Waals surface area (Å²) < 4.78 is 0. The van der Waals surface area contributed by atoms with E-state index in [0.717, 1.165) is 0 Å². The predicted octanol–water partition coefficient (Wildman–Crippen LogP) is 6.67. The van der Waals surface area contributed by atoms with Crippen LogP contribution in [0.5, 0.6) is 0 Å². The van der Waals surface area contributed by atoms with Gasteiger partial charge in [0.05, 0.1) is 0 Å². The summed E-state index contributed by atoms with van der Waals surface area (Å²) in [5.41, 5.74) is 12.7. The van der Waals surface area contributed by atoms with Gasteiger partial charge >= 0.3 is 0 Å². The van der Waals surface area contributed by atoms with Crippen molar-refractivity contribution in [2.75, 3.05) is 0 Å². The minimum Gasteiger partial charge on any atom is -0.0764 e. The van der Waals surface area contributed by atoms with E-state index in [9.17, 15) is 0 Å². The summed E-state index contributed by atoms with van der Waals surface area (Å²) in [6.45, 7) is 4.60. The van der Waals surface area contributed by atoms with Crippen LogP contribution in [0.25, 0.3) is 12.2 Å². The quantitative estimate of drug-likeness (QED) is 0.443. The van der Waals surface area contributed by atoms with Gasteiger partial charge in [0, 0.05) is 11.8 Å². The lowest BCUT2D eigenvalue weighted by atomic mass is 9.59. The molecule has 6 aliphatic rings. The average molecular weight is 417 g/mol. The number of hydrogen-bond acceptors (Lipinski definition) is 0. The van der Waals surface area contributed by atoms with Gasteiger partial charge in [-0.2, -0.15) is 0 Å². The largest absolute Gasteiger partial charge is 0.0764 e. The lowest BCUT2D eigenvalue weighted by Gasteiger charge is -2.45. The van der Waals surface area contributed by atoms with E-state index in [4.69, 9.17) is 0 Å². The Morgan fingerprint density at radius 3 is 1.56 bits per heavy atom. The van der Waals surface area contributed by atoms with Gasteiger partial charge in [-0.25, -0.2) is 0 Å². The second kappa shape index (κ2) is 6.95. The molecule has 0 bridgehead atoms. The minimum atomic E-state index is 0.555. The van der Waals surface area contributed by atoms with Crippen molar-refractivity contribution in [2.24, 2.45) is 11.8 Å². The first-order chi connectivity index (χ1) is 15.6. The van der Waals surface area contributed by atoms with E-state index in [1.54, 1.807) is 33.4 Å². The highest BCUT2D eigenvalue weighted by Crippen LogP contribution is 2.57. The molecular weight excluding hydrogens is 384 g/mol. The molecule has 0 aliphatic heterocycles. The third-order valence-electron chi connectivity index (χ3n) is 8.90. The first-order valence-corrected chi connectivity index (χ1v) is 12.7. The van der Waals surface area contributed by atoms with Gasteiger partial charge < -0.3 is 0 Å². The van der Waals surface area contributed by atoms with Crippen molar-refractivity contribution in [1.82, 2.24) is 0 Å². The summed E-state index contributed by atoms with van der Waals surface area (Å²) in [5, 5.41) is 2.96. The SMILES string of the molecule is CC1=CC=C2C=C3C4=CC5=CC=C(C)CC5CC4c4cc5c(cc4C3CC2C1)=CCCC=5. The lowest BCUT2D eigenvalue weighted by molar-refractivity contribution is 0.452. The summed E-state index contributed by atoms with van der Waals surface area (Å²) in [4.78, 5) is 0. The van der Waals surface area contributed by atoms with Crippen molar-refractivity contribution in [3.05, 3.63) is 104 Å². The normalized spacial score (nSPS) is 31.7. The highest BCUT2D eigenvalue weighted by atomic mass is 14.5. The Hall–Kier alpha value is -2.60. The van der Waals surface area contributed by atoms with Crippen LogP contribution in [0.1, 0.15) is 75.3 Å². The second-order valence-corrected chi connectivity index (χ2v) is 11.0. The molecule has 0 N–H and O–H groups in total. The smallest absolute Gasteiger partial charge is 0.0101 e. The fraction of sp³-hybridized carbons (Fsp3) is 0.375. The maximum Gasteiger partial charge on any atom is 0.0101 e. The molecule has 160 valence electrons. The zero-order chi connectivity index (χ0) is 21.4. The molecule has 4 atom stereocenters. The molecule has 0 nitrogen and oxygen atoms in total. The third-order valence-corrected chi connectivity index (χ3v) is 8.90. The van der Waals surface area contributed by atoms with Gasteiger partial charge in [0.25, 0.3) is 0 Å². The Kier molecular flexibility index (Phi) is 4.11. The van der Waals surface area contributed by atoms with Crippen molar-refractivity contribution in [2.45, 2.75) is 64.2 Å². The Morgan fingerprint density at radius 1 is 0.625 bits per heavy atom. The third kappa shape index (κ3) is 2.81. The van der Waals surface area contributed by atoms with Gasteiger partial charge in [0.1, 0.15) is 0 Å². The van der Waals surface area contributed by atoms with E-state index in [-0.39, 0.29) is 0 Å². The summed E-state index contributed by atoms with van der Waals surface area (Å²) in [6.07, 6.45) is 27.0. The highest BCUT2D eigenvalue weighted by molar-refractivity contribution is 5.63. The van der Waals surface area contributed by atoms with Crippen molar-refractivity contribution in [3.63, 3.8) is 0 Å². The number of fused-ring (bicyclic) bond motifs is 9. The van der Waals surface area contributed by atoms with Crippen molar-refractivity contribution in [1.29, 1.82) is 0 Å². The van der Waals surface area contributed by atoms with Gasteiger partial charge in [-0.1, -0.05) is 71.9 Å². The first kappa shape index (κ1) is 18.9. The number of rotatable bonds is 0. The Bertz CT molecular complexity index is 1240. The minimum absolute atomic E-state index is 0.555. The average Bonchev–Trinajstić information content (AvgIpc) is 2.81. The molecule has 0 aromatic heterocycles. The molecule has 1 aromatic carbocycles. The summed E-state index contributed by atoms with van der Waals surface area (Å²) in [6, 6.07) is 5.18. The van der Waals surface area contributed by atoms with Crippen LogP contribution in [0, 0.1) is 11.8 Å². The monoisotopic (exact) mass is 416 g/mol. The van der Waals surface area contributed by atoms with Crippen LogP contribution >= 0.6 is 0 Å². The Morgan fingerprint density at radius 2 is 1.09 bits per heavy atom. The fourth-order valence-electron chi connectivity index (χ4n) is 7.31. The summed E-state index contributed by atoms with van der Waals surface area (Å²) in [5.74, 6) is 2.47. The first-order valence-electron chi connectivity index (χ1n) is 12.7. The fourth-order valence-corrected chi connectivity index (χ4v) is 7.31. The van der Waals surface area contributed by atoms with E-state index >= 15 is 0 Å². The Labute approximate surface area is 191 Å². The van der Waals surface area contributed by atoms with Crippen molar-refractivity contribution >= 4 is 12.2 Å². The van der Waals surface area contributed by atoms with Gasteiger partial charge in [-0.3, -0.25) is 0 Å². The van der Waals surface area contributed by atoms with Crippen LogP contribution in [-0.4, -0.2) is 0 Å². The van der Waals surface area contributed by atoms with E-state index in [1.807, 2.05) is 0 Å². The molecule has 7 rings (SSSR count). The molecular formula is C32H32. The molecule has 0 radical (unpaired) electrons. The molecule has 32 heavy (non-hydrogen) atoms. The molecule has 0 heteroatoms.